The predicted octanol–water partition coefficient (Wildman–Crippen LogP) is 4.28. The minimum Gasteiger partial charge on any atom is -0.457 e. The maximum atomic E-state index is 11.9. The van der Waals surface area contributed by atoms with Gasteiger partial charge in [-0.25, -0.2) is 9.48 Å². The van der Waals surface area contributed by atoms with Crippen LogP contribution < -0.4 is 16.2 Å². The van der Waals surface area contributed by atoms with Gasteiger partial charge in [0.25, 0.3) is 0 Å². The summed E-state index contributed by atoms with van der Waals surface area (Å²) in [7, 11) is 0. The molecule has 146 valence electrons. The van der Waals surface area contributed by atoms with Crippen LogP contribution in [0.25, 0.3) is 22.3 Å². The van der Waals surface area contributed by atoms with Gasteiger partial charge < -0.3 is 10.5 Å². The van der Waals surface area contributed by atoms with Crippen molar-refractivity contribution in [2.75, 3.05) is 5.73 Å². The third-order valence-electron chi connectivity index (χ3n) is 5.38. The molecule has 1 aliphatic carbocycles. The summed E-state index contributed by atoms with van der Waals surface area (Å²) in [5.41, 5.74) is 7.89. The molecule has 0 saturated heterocycles. The SMILES string of the molecule is Nc1[nH]c(=O)nc2c1c(-c1ccc(Oc3ccccc3)cc1)nn2C1CCCC1. The molecule has 7 heteroatoms. The number of nitrogens with one attached hydrogen (secondary N) is 1. The van der Waals surface area contributed by atoms with Crippen LogP contribution in [0.4, 0.5) is 5.82 Å². The van der Waals surface area contributed by atoms with E-state index in [9.17, 15) is 4.79 Å². The zero-order valence-electron chi connectivity index (χ0n) is 15.8. The molecule has 0 radical (unpaired) electrons. The van der Waals surface area contributed by atoms with Crippen molar-refractivity contribution in [1.29, 1.82) is 0 Å². The zero-order valence-corrected chi connectivity index (χ0v) is 15.8. The number of nitrogen functional groups attached to an aromatic ring is 1. The molecule has 29 heavy (non-hydrogen) atoms. The number of nitrogens with two attached hydrogens (primary N) is 1. The molecular weight excluding hydrogens is 366 g/mol. The van der Waals surface area contributed by atoms with E-state index < -0.39 is 5.69 Å². The smallest absolute Gasteiger partial charge is 0.348 e. The molecule has 1 saturated carbocycles. The van der Waals surface area contributed by atoms with Gasteiger partial charge in [-0.3, -0.25) is 4.98 Å². The summed E-state index contributed by atoms with van der Waals surface area (Å²) in [6.45, 7) is 0. The summed E-state index contributed by atoms with van der Waals surface area (Å²) in [6.07, 6.45) is 4.39. The van der Waals surface area contributed by atoms with Gasteiger partial charge in [0.15, 0.2) is 5.65 Å². The van der Waals surface area contributed by atoms with Gasteiger partial charge in [0.1, 0.15) is 23.0 Å². The second-order valence-electron chi connectivity index (χ2n) is 7.33. The number of aromatic amines is 1. The first-order valence-corrected chi connectivity index (χ1v) is 9.80. The Morgan fingerprint density at radius 2 is 1.69 bits per heavy atom. The van der Waals surface area contributed by atoms with E-state index in [0.29, 0.717) is 16.9 Å². The summed E-state index contributed by atoms with van der Waals surface area (Å²) < 4.78 is 7.76. The lowest BCUT2D eigenvalue weighted by atomic mass is 10.1. The molecule has 2 heterocycles. The van der Waals surface area contributed by atoms with Crippen molar-refractivity contribution in [3.63, 3.8) is 0 Å². The average Bonchev–Trinajstić information content (AvgIpc) is 3.37. The van der Waals surface area contributed by atoms with Gasteiger partial charge in [-0.15, -0.1) is 0 Å². The Morgan fingerprint density at radius 3 is 2.41 bits per heavy atom. The molecular formula is C22H21N5O2. The van der Waals surface area contributed by atoms with Crippen molar-refractivity contribution in [2.45, 2.75) is 31.7 Å². The van der Waals surface area contributed by atoms with E-state index in [1.54, 1.807) is 0 Å². The van der Waals surface area contributed by atoms with Crippen molar-refractivity contribution < 1.29 is 4.74 Å². The summed E-state index contributed by atoms with van der Waals surface area (Å²) >= 11 is 0. The Hall–Kier alpha value is -3.61. The molecule has 0 amide bonds. The molecule has 0 unspecified atom stereocenters. The minimum absolute atomic E-state index is 0.251. The lowest BCUT2D eigenvalue weighted by Crippen LogP contribution is -2.15. The third kappa shape index (κ3) is 3.24. The molecule has 4 aromatic rings. The normalized spacial score (nSPS) is 14.5. The predicted molar refractivity (Wildman–Crippen MR) is 112 cm³/mol. The van der Waals surface area contributed by atoms with Crippen LogP contribution in [-0.2, 0) is 0 Å². The molecule has 0 aliphatic heterocycles. The van der Waals surface area contributed by atoms with E-state index in [-0.39, 0.29) is 6.04 Å². The Labute approximate surface area is 167 Å². The van der Waals surface area contributed by atoms with Gasteiger partial charge in [-0.05, 0) is 49.2 Å². The van der Waals surface area contributed by atoms with Crippen LogP contribution in [0.1, 0.15) is 31.7 Å². The van der Waals surface area contributed by atoms with Gasteiger partial charge in [0.05, 0.1) is 11.4 Å². The number of para-hydroxylation sites is 1. The Balaban J connectivity index is 1.57. The zero-order chi connectivity index (χ0) is 19.8. The number of fused-ring (bicyclic) bond motifs is 1. The van der Waals surface area contributed by atoms with Gasteiger partial charge in [-0.2, -0.15) is 10.1 Å². The topological polar surface area (TPSA) is 98.8 Å². The fourth-order valence-electron chi connectivity index (χ4n) is 3.99. The van der Waals surface area contributed by atoms with E-state index in [2.05, 4.69) is 9.97 Å². The molecule has 0 spiro atoms. The second kappa shape index (κ2) is 7.09. The quantitative estimate of drug-likeness (QED) is 0.545. The number of aromatic nitrogens is 4. The standard InChI is InChI=1S/C22H21N5O2/c23-20-18-19(14-10-12-17(13-11-14)29-16-8-2-1-3-9-16)26-27(15-6-4-5-7-15)21(18)25-22(28)24-20/h1-3,8-13,15H,4-7H2,(H3,23,24,25,28). The van der Waals surface area contributed by atoms with Crippen molar-refractivity contribution >= 4 is 16.9 Å². The van der Waals surface area contributed by atoms with E-state index in [1.165, 1.54) is 0 Å². The summed E-state index contributed by atoms with van der Waals surface area (Å²) in [5, 5.41) is 5.52. The van der Waals surface area contributed by atoms with Crippen LogP contribution in [0.15, 0.2) is 59.4 Å². The van der Waals surface area contributed by atoms with Crippen molar-refractivity contribution in [1.82, 2.24) is 19.7 Å². The second-order valence-corrected chi connectivity index (χ2v) is 7.33. The molecule has 3 N–H and O–H groups in total. The number of H-pyrrole nitrogens is 1. The molecule has 5 rings (SSSR count). The van der Waals surface area contributed by atoms with E-state index in [1.807, 2.05) is 59.3 Å². The van der Waals surface area contributed by atoms with Crippen molar-refractivity contribution in [3.8, 4) is 22.8 Å². The Morgan fingerprint density at radius 1 is 1.00 bits per heavy atom. The number of nitrogens with zero attached hydrogens (tertiary/aromatic N) is 3. The largest absolute Gasteiger partial charge is 0.457 e. The Bertz CT molecular complexity index is 1210. The number of rotatable bonds is 4. The fourth-order valence-corrected chi connectivity index (χ4v) is 3.99. The molecule has 0 bridgehead atoms. The molecule has 1 aliphatic rings. The van der Waals surface area contributed by atoms with Crippen LogP contribution in [0, 0.1) is 0 Å². The minimum atomic E-state index is -0.452. The maximum Gasteiger partial charge on any atom is 0.348 e. The lowest BCUT2D eigenvalue weighted by molar-refractivity contribution is 0.479. The number of hydrogen-bond donors (Lipinski definition) is 2. The van der Waals surface area contributed by atoms with E-state index in [0.717, 1.165) is 48.4 Å². The summed E-state index contributed by atoms with van der Waals surface area (Å²) in [4.78, 5) is 18.7. The summed E-state index contributed by atoms with van der Waals surface area (Å²) in [6, 6.07) is 17.6. The number of anilines is 1. The first-order valence-electron chi connectivity index (χ1n) is 9.80. The Kier molecular flexibility index (Phi) is 4.27. The number of ether oxygens (including phenoxy) is 1. The number of benzene rings is 2. The van der Waals surface area contributed by atoms with E-state index >= 15 is 0 Å². The molecule has 2 aromatic heterocycles. The average molecular weight is 387 g/mol. The van der Waals surface area contributed by atoms with Crippen LogP contribution in [0.5, 0.6) is 11.5 Å². The van der Waals surface area contributed by atoms with E-state index in [4.69, 9.17) is 15.6 Å². The van der Waals surface area contributed by atoms with Crippen molar-refractivity contribution in [2.24, 2.45) is 0 Å². The highest BCUT2D eigenvalue weighted by molar-refractivity contribution is 5.98. The van der Waals surface area contributed by atoms with Gasteiger partial charge in [-0.1, -0.05) is 31.0 Å². The molecule has 7 nitrogen and oxygen atoms in total. The van der Waals surface area contributed by atoms with Crippen molar-refractivity contribution in [3.05, 3.63) is 65.1 Å². The molecule has 2 aromatic carbocycles. The molecule has 1 fully saturated rings. The van der Waals surface area contributed by atoms with Gasteiger partial charge in [0, 0.05) is 5.56 Å². The first kappa shape index (κ1) is 17.5. The van der Waals surface area contributed by atoms with Gasteiger partial charge in [0.2, 0.25) is 0 Å². The molecule has 0 atom stereocenters. The van der Waals surface area contributed by atoms with Crippen LogP contribution in [0.2, 0.25) is 0 Å². The third-order valence-corrected chi connectivity index (χ3v) is 5.38. The lowest BCUT2D eigenvalue weighted by Gasteiger charge is -2.10. The summed E-state index contributed by atoms with van der Waals surface area (Å²) in [5.74, 6) is 1.81. The maximum absolute atomic E-state index is 11.9. The van der Waals surface area contributed by atoms with Crippen LogP contribution in [0.3, 0.4) is 0 Å². The fraction of sp³-hybridized carbons (Fsp3) is 0.227. The highest BCUT2D eigenvalue weighted by Crippen LogP contribution is 2.36. The highest BCUT2D eigenvalue weighted by Gasteiger charge is 2.24. The monoisotopic (exact) mass is 387 g/mol. The highest BCUT2D eigenvalue weighted by atomic mass is 16.5. The van der Waals surface area contributed by atoms with Crippen LogP contribution in [-0.4, -0.2) is 19.7 Å². The number of hydrogen-bond acceptors (Lipinski definition) is 5. The van der Waals surface area contributed by atoms with Gasteiger partial charge >= 0.3 is 5.69 Å². The van der Waals surface area contributed by atoms with Crippen LogP contribution >= 0.6 is 0 Å². The first-order chi connectivity index (χ1) is 14.2.